The summed E-state index contributed by atoms with van der Waals surface area (Å²) in [7, 11) is 3.24. The number of benzene rings is 1. The molecule has 2 aromatic rings. The van der Waals surface area contributed by atoms with Crippen molar-refractivity contribution in [3.63, 3.8) is 0 Å². The van der Waals surface area contributed by atoms with Crippen LogP contribution in [0, 0.1) is 5.82 Å². The normalized spacial score (nSPS) is 10.1. The van der Waals surface area contributed by atoms with Gasteiger partial charge in [0.15, 0.2) is 0 Å². The average Bonchev–Trinajstić information content (AvgIpc) is 2.42. The van der Waals surface area contributed by atoms with E-state index in [2.05, 4.69) is 36.5 Å². The molecule has 0 aliphatic rings. The molecule has 1 aromatic heterocycles. The van der Waals surface area contributed by atoms with Gasteiger partial charge in [-0.15, -0.1) is 0 Å². The number of halogens is 2. The van der Waals surface area contributed by atoms with Gasteiger partial charge in [-0.05, 0) is 28.1 Å². The highest BCUT2D eigenvalue weighted by atomic mass is 79.9. The third-order valence-corrected chi connectivity index (χ3v) is 3.19. The Labute approximate surface area is 118 Å². The Bertz CT molecular complexity index is 594. The number of nitrogens with zero attached hydrogens (tertiary/aromatic N) is 2. The largest absolute Gasteiger partial charge is 0.494 e. The van der Waals surface area contributed by atoms with Crippen molar-refractivity contribution in [1.82, 2.24) is 9.97 Å². The summed E-state index contributed by atoms with van der Waals surface area (Å²) in [6, 6.07) is 4.23. The Morgan fingerprint density at radius 3 is 2.68 bits per heavy atom. The van der Waals surface area contributed by atoms with E-state index in [0.29, 0.717) is 27.5 Å². The molecule has 0 aliphatic heterocycles. The second-order valence-electron chi connectivity index (χ2n) is 3.60. The predicted octanol–water partition coefficient (Wildman–Crippen LogP) is 3.17. The van der Waals surface area contributed by atoms with Gasteiger partial charge in [-0.1, -0.05) is 0 Å². The van der Waals surface area contributed by atoms with Crippen molar-refractivity contribution >= 4 is 33.3 Å². The molecule has 0 amide bonds. The van der Waals surface area contributed by atoms with E-state index in [-0.39, 0.29) is 5.82 Å². The number of anilines is 3. The molecule has 2 N–H and O–H groups in total. The molecule has 0 fully saturated rings. The van der Waals surface area contributed by atoms with Gasteiger partial charge in [0.05, 0.1) is 12.8 Å². The van der Waals surface area contributed by atoms with Crippen LogP contribution in [0.15, 0.2) is 29.0 Å². The molecule has 1 heterocycles. The Balaban J connectivity index is 2.36. The molecule has 7 heteroatoms. The van der Waals surface area contributed by atoms with E-state index in [1.165, 1.54) is 25.6 Å². The monoisotopic (exact) mass is 326 g/mol. The van der Waals surface area contributed by atoms with Crippen LogP contribution < -0.4 is 15.4 Å². The van der Waals surface area contributed by atoms with Crippen LogP contribution in [0.1, 0.15) is 0 Å². The highest BCUT2D eigenvalue weighted by Crippen LogP contribution is 2.32. The molecular weight excluding hydrogens is 315 g/mol. The third kappa shape index (κ3) is 2.93. The van der Waals surface area contributed by atoms with Gasteiger partial charge in [0.25, 0.3) is 0 Å². The Hall–Kier alpha value is -1.89. The smallest absolute Gasteiger partial charge is 0.150 e. The maximum Gasteiger partial charge on any atom is 0.150 e. The fourth-order valence-corrected chi connectivity index (χ4v) is 2.03. The minimum Gasteiger partial charge on any atom is -0.494 e. The fourth-order valence-electron chi connectivity index (χ4n) is 1.53. The summed E-state index contributed by atoms with van der Waals surface area (Å²) < 4.78 is 18.9. The van der Waals surface area contributed by atoms with Gasteiger partial charge in [0.1, 0.15) is 34.0 Å². The molecule has 0 bridgehead atoms. The first-order valence-electron chi connectivity index (χ1n) is 5.44. The Morgan fingerprint density at radius 1 is 1.26 bits per heavy atom. The zero-order chi connectivity index (χ0) is 13.8. The van der Waals surface area contributed by atoms with Crippen LogP contribution in [0.4, 0.5) is 21.7 Å². The first-order chi connectivity index (χ1) is 9.15. The van der Waals surface area contributed by atoms with Gasteiger partial charge in [-0.25, -0.2) is 14.4 Å². The van der Waals surface area contributed by atoms with E-state index in [4.69, 9.17) is 4.74 Å². The van der Waals surface area contributed by atoms with Crippen molar-refractivity contribution in [1.29, 1.82) is 0 Å². The van der Waals surface area contributed by atoms with E-state index in [9.17, 15) is 4.39 Å². The predicted molar refractivity (Wildman–Crippen MR) is 75.5 cm³/mol. The molecule has 2 rings (SSSR count). The lowest BCUT2D eigenvalue weighted by atomic mass is 10.3. The number of methoxy groups -OCH3 is 1. The summed E-state index contributed by atoms with van der Waals surface area (Å²) >= 11 is 3.39. The summed E-state index contributed by atoms with van der Waals surface area (Å²) in [5.41, 5.74) is 0.616. The van der Waals surface area contributed by atoms with Crippen LogP contribution in [0.3, 0.4) is 0 Å². The van der Waals surface area contributed by atoms with E-state index in [1.807, 2.05) is 0 Å². The zero-order valence-electron chi connectivity index (χ0n) is 10.4. The molecule has 0 atom stereocenters. The lowest BCUT2D eigenvalue weighted by Crippen LogP contribution is -2.01. The lowest BCUT2D eigenvalue weighted by Gasteiger charge is -2.12. The van der Waals surface area contributed by atoms with Crippen LogP contribution in [0.5, 0.6) is 5.75 Å². The molecule has 0 radical (unpaired) electrons. The van der Waals surface area contributed by atoms with Gasteiger partial charge in [-0.3, -0.25) is 0 Å². The van der Waals surface area contributed by atoms with Gasteiger partial charge < -0.3 is 15.4 Å². The number of hydrogen-bond donors (Lipinski definition) is 2. The number of hydrogen-bond acceptors (Lipinski definition) is 5. The van der Waals surface area contributed by atoms with Gasteiger partial charge in [0.2, 0.25) is 0 Å². The first kappa shape index (κ1) is 13.5. The van der Waals surface area contributed by atoms with Gasteiger partial charge in [0, 0.05) is 13.1 Å². The van der Waals surface area contributed by atoms with Crippen molar-refractivity contribution in [2.75, 3.05) is 24.8 Å². The molecular formula is C12H12BrFN4O. The topological polar surface area (TPSA) is 59.1 Å². The molecule has 0 saturated heterocycles. The maximum absolute atomic E-state index is 13.1. The van der Waals surface area contributed by atoms with Crippen molar-refractivity contribution in [3.05, 3.63) is 34.8 Å². The molecule has 5 nitrogen and oxygen atoms in total. The van der Waals surface area contributed by atoms with Crippen LogP contribution in [-0.2, 0) is 0 Å². The van der Waals surface area contributed by atoms with Crippen molar-refractivity contribution in [3.8, 4) is 5.75 Å². The highest BCUT2D eigenvalue weighted by molar-refractivity contribution is 9.10. The van der Waals surface area contributed by atoms with Gasteiger partial charge in [-0.2, -0.15) is 0 Å². The maximum atomic E-state index is 13.1. The summed E-state index contributed by atoms with van der Waals surface area (Å²) in [5.74, 6) is 1.25. The number of nitrogens with one attached hydrogen (secondary N) is 2. The minimum absolute atomic E-state index is 0.361. The molecule has 0 unspecified atom stereocenters. The number of ether oxygens (including phenoxy) is 1. The van der Waals surface area contributed by atoms with Crippen LogP contribution in [-0.4, -0.2) is 24.1 Å². The molecule has 1 aromatic carbocycles. The summed E-state index contributed by atoms with van der Waals surface area (Å²) in [6.07, 6.45) is 1.43. The van der Waals surface area contributed by atoms with Crippen molar-refractivity contribution < 1.29 is 9.13 Å². The van der Waals surface area contributed by atoms with Crippen LogP contribution in [0.2, 0.25) is 0 Å². The van der Waals surface area contributed by atoms with Crippen LogP contribution in [0.25, 0.3) is 0 Å². The molecule has 19 heavy (non-hydrogen) atoms. The second kappa shape index (κ2) is 5.83. The quantitative estimate of drug-likeness (QED) is 0.903. The van der Waals surface area contributed by atoms with E-state index < -0.39 is 0 Å². The second-order valence-corrected chi connectivity index (χ2v) is 4.40. The molecule has 0 saturated carbocycles. The lowest BCUT2D eigenvalue weighted by molar-refractivity contribution is 0.413. The molecule has 100 valence electrons. The number of rotatable bonds is 4. The van der Waals surface area contributed by atoms with Crippen LogP contribution >= 0.6 is 15.9 Å². The average molecular weight is 327 g/mol. The van der Waals surface area contributed by atoms with Gasteiger partial charge >= 0.3 is 0 Å². The summed E-state index contributed by atoms with van der Waals surface area (Å²) in [5, 5.41) is 5.99. The first-order valence-corrected chi connectivity index (χ1v) is 6.23. The fraction of sp³-hybridized carbons (Fsp3) is 0.167. The summed E-state index contributed by atoms with van der Waals surface area (Å²) in [4.78, 5) is 8.18. The molecule has 0 aliphatic carbocycles. The van der Waals surface area contributed by atoms with Crippen molar-refractivity contribution in [2.45, 2.75) is 0 Å². The minimum atomic E-state index is -0.361. The SMILES string of the molecule is CNc1ncnc(Nc2ccc(F)cc2OC)c1Br. The van der Waals surface area contributed by atoms with E-state index >= 15 is 0 Å². The third-order valence-electron chi connectivity index (χ3n) is 2.44. The standard InChI is InChI=1S/C12H12BrFN4O/c1-15-11-10(13)12(17-6-16-11)18-8-4-3-7(14)5-9(8)19-2/h3-6H,1-2H3,(H2,15,16,17,18). The Kier molecular flexibility index (Phi) is 4.16. The van der Waals surface area contributed by atoms with E-state index in [1.54, 1.807) is 13.1 Å². The summed E-state index contributed by atoms with van der Waals surface area (Å²) in [6.45, 7) is 0. The van der Waals surface area contributed by atoms with E-state index in [0.717, 1.165) is 0 Å². The zero-order valence-corrected chi connectivity index (χ0v) is 12.0. The number of aromatic nitrogens is 2. The highest BCUT2D eigenvalue weighted by Gasteiger charge is 2.10. The van der Waals surface area contributed by atoms with Crippen molar-refractivity contribution in [2.24, 2.45) is 0 Å². The Morgan fingerprint density at radius 2 is 2.00 bits per heavy atom. The molecule has 0 spiro atoms.